The van der Waals surface area contributed by atoms with Crippen LogP contribution in [0.15, 0.2) is 24.3 Å². The fraction of sp³-hybridized carbons (Fsp3) is 0.700. The van der Waals surface area contributed by atoms with Crippen LogP contribution in [0.4, 0.5) is 0 Å². The number of nitrogens with two attached hydrogens (primary N) is 1. The highest BCUT2D eigenvalue weighted by atomic mass is 14.6. The van der Waals surface area contributed by atoms with E-state index in [1.54, 1.807) is 0 Å². The minimum Gasteiger partial charge on any atom is -0.330 e. The van der Waals surface area contributed by atoms with E-state index in [9.17, 15) is 0 Å². The third-order valence-corrected chi connectivity index (χ3v) is 5.20. The number of rotatable bonds is 4. The van der Waals surface area contributed by atoms with Crippen LogP contribution in [0.5, 0.6) is 0 Å². The zero-order chi connectivity index (χ0) is 15.7. The summed E-state index contributed by atoms with van der Waals surface area (Å²) < 4.78 is 0. The summed E-state index contributed by atoms with van der Waals surface area (Å²) in [5.74, 6) is 0. The Bertz CT molecular complexity index is 456. The first kappa shape index (κ1) is 16.5. The smallest absolute Gasteiger partial charge is 0.00755 e. The summed E-state index contributed by atoms with van der Waals surface area (Å²) in [6.07, 6.45) is 6.37. The maximum atomic E-state index is 6.11. The largest absolute Gasteiger partial charge is 0.330 e. The molecule has 1 nitrogen and oxygen atoms in total. The fourth-order valence-corrected chi connectivity index (χ4v) is 4.37. The van der Waals surface area contributed by atoms with Crippen molar-refractivity contribution in [1.82, 2.24) is 0 Å². The molecule has 1 aromatic rings. The van der Waals surface area contributed by atoms with Gasteiger partial charge in [0.05, 0.1) is 0 Å². The van der Waals surface area contributed by atoms with E-state index in [2.05, 4.69) is 58.9 Å². The van der Waals surface area contributed by atoms with E-state index >= 15 is 0 Å². The second kappa shape index (κ2) is 5.76. The Balaban J connectivity index is 2.22. The molecule has 1 aromatic carbocycles. The highest BCUT2D eigenvalue weighted by molar-refractivity contribution is 5.34. The third kappa shape index (κ3) is 3.69. The predicted molar refractivity (Wildman–Crippen MR) is 92.7 cm³/mol. The Morgan fingerprint density at radius 1 is 0.952 bits per heavy atom. The van der Waals surface area contributed by atoms with E-state index < -0.39 is 0 Å². The molecule has 0 amide bonds. The number of hydrogen-bond donors (Lipinski definition) is 1. The molecule has 2 rings (SSSR count). The first-order valence-corrected chi connectivity index (χ1v) is 8.50. The van der Waals surface area contributed by atoms with Crippen LogP contribution in [0.2, 0.25) is 0 Å². The molecule has 0 spiro atoms. The van der Waals surface area contributed by atoms with Gasteiger partial charge in [0.15, 0.2) is 0 Å². The van der Waals surface area contributed by atoms with Crippen LogP contribution < -0.4 is 5.73 Å². The second-order valence-electron chi connectivity index (χ2n) is 8.89. The standard InChI is InChI=1S/C20H33N/c1-18(2,3)14-19(4,5)16-8-10-17(11-9-16)20(15-21)12-6-7-13-20/h8-11H,6-7,12-15,21H2,1-5H3. The molecule has 1 heteroatoms. The highest BCUT2D eigenvalue weighted by Gasteiger charge is 2.34. The van der Waals surface area contributed by atoms with Gasteiger partial charge >= 0.3 is 0 Å². The molecule has 1 aliphatic carbocycles. The molecule has 0 bridgehead atoms. The first-order valence-electron chi connectivity index (χ1n) is 8.50. The van der Waals surface area contributed by atoms with E-state index in [-0.39, 0.29) is 10.8 Å². The van der Waals surface area contributed by atoms with Crippen molar-refractivity contribution >= 4 is 0 Å². The second-order valence-corrected chi connectivity index (χ2v) is 8.89. The van der Waals surface area contributed by atoms with Crippen LogP contribution >= 0.6 is 0 Å². The van der Waals surface area contributed by atoms with Crippen molar-refractivity contribution in [2.75, 3.05) is 6.54 Å². The van der Waals surface area contributed by atoms with Crippen molar-refractivity contribution in [3.8, 4) is 0 Å². The molecular weight excluding hydrogens is 254 g/mol. The molecule has 0 radical (unpaired) electrons. The van der Waals surface area contributed by atoms with Gasteiger partial charge in [0, 0.05) is 12.0 Å². The summed E-state index contributed by atoms with van der Waals surface area (Å²) in [4.78, 5) is 0. The summed E-state index contributed by atoms with van der Waals surface area (Å²) in [6.45, 7) is 12.5. The van der Waals surface area contributed by atoms with E-state index in [0.717, 1.165) is 6.54 Å². The van der Waals surface area contributed by atoms with E-state index in [0.29, 0.717) is 5.41 Å². The van der Waals surface area contributed by atoms with Crippen molar-refractivity contribution < 1.29 is 0 Å². The Morgan fingerprint density at radius 3 is 1.90 bits per heavy atom. The highest BCUT2D eigenvalue weighted by Crippen LogP contribution is 2.41. The van der Waals surface area contributed by atoms with Gasteiger partial charge in [-0.1, -0.05) is 71.7 Å². The lowest BCUT2D eigenvalue weighted by atomic mass is 9.71. The van der Waals surface area contributed by atoms with Gasteiger partial charge in [-0.05, 0) is 41.2 Å². The minimum atomic E-state index is 0.225. The van der Waals surface area contributed by atoms with E-state index in [1.165, 1.54) is 43.2 Å². The molecule has 1 aliphatic rings. The van der Waals surface area contributed by atoms with Gasteiger partial charge in [0.1, 0.15) is 0 Å². The summed E-state index contributed by atoms with van der Waals surface area (Å²) in [5.41, 5.74) is 9.85. The van der Waals surface area contributed by atoms with Crippen molar-refractivity contribution in [3.05, 3.63) is 35.4 Å². The Hall–Kier alpha value is -0.820. The van der Waals surface area contributed by atoms with Crippen LogP contribution in [0.25, 0.3) is 0 Å². The lowest BCUT2D eigenvalue weighted by molar-refractivity contribution is 0.284. The summed E-state index contributed by atoms with van der Waals surface area (Å²) in [7, 11) is 0. The number of hydrogen-bond acceptors (Lipinski definition) is 1. The third-order valence-electron chi connectivity index (χ3n) is 5.20. The van der Waals surface area contributed by atoms with Gasteiger partial charge < -0.3 is 5.73 Å². The van der Waals surface area contributed by atoms with E-state index in [1.807, 2.05) is 0 Å². The van der Waals surface area contributed by atoms with Crippen molar-refractivity contribution in [2.24, 2.45) is 11.1 Å². The van der Waals surface area contributed by atoms with E-state index in [4.69, 9.17) is 5.73 Å². The monoisotopic (exact) mass is 287 g/mol. The zero-order valence-corrected chi connectivity index (χ0v) is 14.6. The van der Waals surface area contributed by atoms with Gasteiger partial charge in [0.2, 0.25) is 0 Å². The van der Waals surface area contributed by atoms with Gasteiger partial charge in [-0.2, -0.15) is 0 Å². The molecule has 2 N–H and O–H groups in total. The molecule has 1 saturated carbocycles. The predicted octanol–water partition coefficient (Wildman–Crippen LogP) is 5.17. The van der Waals surface area contributed by atoms with Gasteiger partial charge in [0.25, 0.3) is 0 Å². The maximum absolute atomic E-state index is 6.11. The molecule has 0 heterocycles. The van der Waals surface area contributed by atoms with Gasteiger partial charge in [-0.3, -0.25) is 0 Å². The van der Waals surface area contributed by atoms with Crippen molar-refractivity contribution in [3.63, 3.8) is 0 Å². The average Bonchev–Trinajstić information content (AvgIpc) is 2.86. The lowest BCUT2D eigenvalue weighted by Crippen LogP contribution is -2.32. The quantitative estimate of drug-likeness (QED) is 0.812. The Kier molecular flexibility index (Phi) is 4.54. The van der Waals surface area contributed by atoms with Gasteiger partial charge in [-0.15, -0.1) is 0 Å². The molecule has 118 valence electrons. The molecular formula is C20H33N. The first-order chi connectivity index (χ1) is 9.69. The van der Waals surface area contributed by atoms with Crippen molar-refractivity contribution in [2.45, 2.75) is 77.6 Å². The molecule has 0 aliphatic heterocycles. The van der Waals surface area contributed by atoms with Crippen LogP contribution in [-0.4, -0.2) is 6.54 Å². The Morgan fingerprint density at radius 2 is 1.48 bits per heavy atom. The Labute approximate surface area is 131 Å². The topological polar surface area (TPSA) is 26.0 Å². The molecule has 0 atom stereocenters. The minimum absolute atomic E-state index is 0.225. The molecule has 0 unspecified atom stereocenters. The van der Waals surface area contributed by atoms with Crippen LogP contribution in [0.3, 0.4) is 0 Å². The van der Waals surface area contributed by atoms with Crippen LogP contribution in [-0.2, 0) is 10.8 Å². The van der Waals surface area contributed by atoms with Gasteiger partial charge in [-0.25, -0.2) is 0 Å². The normalized spacial score (nSPS) is 19.0. The summed E-state index contributed by atoms with van der Waals surface area (Å²) in [6, 6.07) is 9.38. The van der Waals surface area contributed by atoms with Crippen LogP contribution in [0, 0.1) is 5.41 Å². The SMILES string of the molecule is CC(C)(C)CC(C)(C)c1ccc(C2(CN)CCCC2)cc1. The fourth-order valence-electron chi connectivity index (χ4n) is 4.37. The number of benzene rings is 1. The van der Waals surface area contributed by atoms with Crippen molar-refractivity contribution in [1.29, 1.82) is 0 Å². The maximum Gasteiger partial charge on any atom is 0.00755 e. The molecule has 0 aromatic heterocycles. The molecule has 1 fully saturated rings. The average molecular weight is 287 g/mol. The zero-order valence-electron chi connectivity index (χ0n) is 14.6. The molecule has 21 heavy (non-hydrogen) atoms. The summed E-state index contributed by atoms with van der Waals surface area (Å²) >= 11 is 0. The lowest BCUT2D eigenvalue weighted by Gasteiger charge is -2.34. The molecule has 0 saturated heterocycles. The summed E-state index contributed by atoms with van der Waals surface area (Å²) in [5, 5.41) is 0. The van der Waals surface area contributed by atoms with Crippen LogP contribution in [0.1, 0.15) is 77.8 Å².